The maximum Gasteiger partial charge on any atom is 0.270 e. The van der Waals surface area contributed by atoms with E-state index in [-0.39, 0.29) is 10.8 Å². The molecule has 0 amide bonds. The van der Waals surface area contributed by atoms with Crippen molar-refractivity contribution in [2.24, 2.45) is 10.8 Å². The lowest BCUT2D eigenvalue weighted by Gasteiger charge is -1.97. The van der Waals surface area contributed by atoms with Crippen LogP contribution >= 0.6 is 12.2 Å². The van der Waals surface area contributed by atoms with E-state index in [0.717, 1.165) is 11.1 Å². The third-order valence-corrected chi connectivity index (χ3v) is 2.01. The van der Waals surface area contributed by atoms with Gasteiger partial charge in [-0.25, -0.2) is 0 Å². The number of nitrogens with two attached hydrogens (primary N) is 1. The Balaban J connectivity index is 2.82. The molecular weight excluding hydrogens is 252 g/mol. The van der Waals surface area contributed by atoms with Gasteiger partial charge in [0.1, 0.15) is 0 Å². The van der Waals surface area contributed by atoms with Crippen LogP contribution in [-0.2, 0) is 0 Å². The minimum absolute atomic E-state index is 0.0507. The molecule has 0 atom stereocenters. The van der Waals surface area contributed by atoms with E-state index < -0.39 is 4.92 Å². The van der Waals surface area contributed by atoms with Gasteiger partial charge in [0.25, 0.3) is 5.69 Å². The molecule has 1 rings (SSSR count). The van der Waals surface area contributed by atoms with E-state index >= 15 is 0 Å². The highest BCUT2D eigenvalue weighted by Gasteiger charge is 2.03. The summed E-state index contributed by atoms with van der Waals surface area (Å²) in [4.78, 5) is 10.2. The highest BCUT2D eigenvalue weighted by Crippen LogP contribution is 2.15. The van der Waals surface area contributed by atoms with Crippen molar-refractivity contribution in [3.8, 4) is 0 Å². The topological polar surface area (TPSA) is 93.5 Å². The lowest BCUT2D eigenvalue weighted by molar-refractivity contribution is -0.384. The summed E-state index contributed by atoms with van der Waals surface area (Å²) in [5.41, 5.74) is 9.20. The number of benzene rings is 1. The summed E-state index contributed by atoms with van der Waals surface area (Å²) in [7, 11) is 0. The summed E-state index contributed by atoms with van der Waals surface area (Å²) in [6.45, 7) is 1.81. The fourth-order valence-electron chi connectivity index (χ4n) is 1.23. The average Bonchev–Trinajstić information content (AvgIpc) is 2.28. The van der Waals surface area contributed by atoms with Crippen LogP contribution in [-0.4, -0.2) is 16.3 Å². The molecule has 18 heavy (non-hydrogen) atoms. The van der Waals surface area contributed by atoms with Crippen molar-refractivity contribution >= 4 is 35.3 Å². The SMILES string of the molecule is CC(/C=N\NC(N)=S)=C/c1cccc([N+](=O)[O-])c1. The molecule has 1 aromatic carbocycles. The number of nitro benzene ring substituents is 1. The lowest BCUT2D eigenvalue weighted by atomic mass is 10.1. The Bertz CT molecular complexity index is 526. The molecule has 0 fully saturated rings. The lowest BCUT2D eigenvalue weighted by Crippen LogP contribution is -2.23. The van der Waals surface area contributed by atoms with E-state index in [0.29, 0.717) is 0 Å². The Morgan fingerprint density at radius 2 is 2.33 bits per heavy atom. The molecule has 0 saturated heterocycles. The van der Waals surface area contributed by atoms with Gasteiger partial charge in [-0.05, 0) is 30.3 Å². The molecular formula is C11H12N4O2S. The van der Waals surface area contributed by atoms with Crippen molar-refractivity contribution < 1.29 is 4.92 Å². The Labute approximate surface area is 109 Å². The minimum atomic E-state index is -0.435. The Morgan fingerprint density at radius 1 is 1.61 bits per heavy atom. The Hall–Kier alpha value is -2.28. The maximum absolute atomic E-state index is 10.6. The van der Waals surface area contributed by atoms with E-state index in [9.17, 15) is 10.1 Å². The number of hydrogen-bond acceptors (Lipinski definition) is 4. The second-order valence-corrected chi connectivity index (χ2v) is 3.91. The molecule has 0 aliphatic heterocycles. The van der Waals surface area contributed by atoms with Gasteiger partial charge in [0, 0.05) is 12.1 Å². The molecule has 0 radical (unpaired) electrons. The normalized spacial score (nSPS) is 11.5. The summed E-state index contributed by atoms with van der Waals surface area (Å²) >= 11 is 4.58. The van der Waals surface area contributed by atoms with Crippen molar-refractivity contribution in [3.63, 3.8) is 0 Å². The first kappa shape index (κ1) is 13.8. The molecule has 0 spiro atoms. The first-order valence-corrected chi connectivity index (χ1v) is 5.41. The van der Waals surface area contributed by atoms with Gasteiger partial charge in [0.2, 0.25) is 0 Å². The second kappa shape index (κ2) is 6.45. The van der Waals surface area contributed by atoms with Gasteiger partial charge in [0.15, 0.2) is 5.11 Å². The van der Waals surface area contributed by atoms with Crippen LogP contribution in [0.5, 0.6) is 0 Å². The Kier molecular flexibility index (Phi) is 4.94. The molecule has 0 heterocycles. The van der Waals surface area contributed by atoms with Crippen LogP contribution in [0.1, 0.15) is 12.5 Å². The number of non-ortho nitro benzene ring substituents is 1. The predicted molar refractivity (Wildman–Crippen MR) is 75.2 cm³/mol. The number of hydrogen-bond donors (Lipinski definition) is 2. The number of hydrazone groups is 1. The quantitative estimate of drug-likeness (QED) is 0.374. The van der Waals surface area contributed by atoms with Crippen LogP contribution in [0.4, 0.5) is 5.69 Å². The number of nitrogens with zero attached hydrogens (tertiary/aromatic N) is 2. The number of nitrogens with one attached hydrogen (secondary N) is 1. The smallest absolute Gasteiger partial charge is 0.270 e. The summed E-state index contributed by atoms with van der Waals surface area (Å²) in [6.07, 6.45) is 3.29. The predicted octanol–water partition coefficient (Wildman–Crippen LogP) is 1.82. The van der Waals surface area contributed by atoms with Crippen LogP contribution in [0.3, 0.4) is 0 Å². The van der Waals surface area contributed by atoms with Crippen LogP contribution in [0.25, 0.3) is 6.08 Å². The van der Waals surface area contributed by atoms with Gasteiger partial charge >= 0.3 is 0 Å². The van der Waals surface area contributed by atoms with Gasteiger partial charge < -0.3 is 5.73 Å². The summed E-state index contributed by atoms with van der Waals surface area (Å²) in [6, 6.07) is 6.32. The van der Waals surface area contributed by atoms with Crippen LogP contribution in [0.2, 0.25) is 0 Å². The molecule has 3 N–H and O–H groups in total. The van der Waals surface area contributed by atoms with Crippen molar-refractivity contribution in [2.75, 3.05) is 0 Å². The number of rotatable bonds is 4. The second-order valence-electron chi connectivity index (χ2n) is 3.47. The average molecular weight is 264 g/mol. The van der Waals surface area contributed by atoms with Crippen molar-refractivity contribution in [1.82, 2.24) is 5.43 Å². The summed E-state index contributed by atoms with van der Waals surface area (Å²) < 4.78 is 0. The molecule has 0 aromatic heterocycles. The van der Waals surface area contributed by atoms with E-state index in [1.807, 2.05) is 6.92 Å². The molecule has 1 aromatic rings. The van der Waals surface area contributed by atoms with E-state index in [1.165, 1.54) is 18.3 Å². The van der Waals surface area contributed by atoms with Crippen LogP contribution in [0.15, 0.2) is 34.9 Å². The van der Waals surface area contributed by atoms with E-state index in [2.05, 4.69) is 22.7 Å². The molecule has 0 aliphatic rings. The van der Waals surface area contributed by atoms with Gasteiger partial charge in [-0.15, -0.1) is 0 Å². The fourth-order valence-corrected chi connectivity index (χ4v) is 1.28. The largest absolute Gasteiger partial charge is 0.375 e. The van der Waals surface area contributed by atoms with Crippen LogP contribution < -0.4 is 11.2 Å². The zero-order valence-electron chi connectivity index (χ0n) is 9.66. The Morgan fingerprint density at radius 3 is 2.94 bits per heavy atom. The zero-order valence-corrected chi connectivity index (χ0v) is 10.5. The summed E-state index contributed by atoms with van der Waals surface area (Å²) in [5.74, 6) is 0. The molecule has 0 bridgehead atoms. The summed E-state index contributed by atoms with van der Waals surface area (Å²) in [5, 5.41) is 14.5. The zero-order chi connectivity index (χ0) is 13.5. The molecule has 6 nitrogen and oxygen atoms in total. The third kappa shape index (κ3) is 4.71. The first-order chi connectivity index (χ1) is 8.49. The van der Waals surface area contributed by atoms with Crippen LogP contribution in [0, 0.1) is 10.1 Å². The number of thiocarbonyl (C=S) groups is 1. The van der Waals surface area contributed by atoms with Gasteiger partial charge in [-0.2, -0.15) is 5.10 Å². The standard InChI is InChI=1S/C11H12N4O2S/c1-8(7-13-14-11(12)18)5-9-3-2-4-10(6-9)15(16)17/h2-7H,1H3,(H3,12,14,18)/b8-5-,13-7-. The molecule has 0 unspecified atom stereocenters. The van der Waals surface area contributed by atoms with Gasteiger partial charge in [-0.3, -0.25) is 15.5 Å². The van der Waals surface area contributed by atoms with Gasteiger partial charge in [0.05, 0.1) is 11.1 Å². The number of allylic oxidation sites excluding steroid dienone is 1. The number of nitro groups is 1. The van der Waals surface area contributed by atoms with E-state index in [4.69, 9.17) is 5.73 Å². The van der Waals surface area contributed by atoms with Crippen molar-refractivity contribution in [1.29, 1.82) is 0 Å². The molecule has 7 heteroatoms. The first-order valence-electron chi connectivity index (χ1n) is 5.00. The van der Waals surface area contributed by atoms with E-state index in [1.54, 1.807) is 18.2 Å². The highest BCUT2D eigenvalue weighted by atomic mass is 32.1. The maximum atomic E-state index is 10.6. The minimum Gasteiger partial charge on any atom is -0.375 e. The van der Waals surface area contributed by atoms with Gasteiger partial charge in [-0.1, -0.05) is 18.2 Å². The molecule has 0 aliphatic carbocycles. The third-order valence-electron chi connectivity index (χ3n) is 1.92. The molecule has 94 valence electrons. The highest BCUT2D eigenvalue weighted by molar-refractivity contribution is 7.80. The monoisotopic (exact) mass is 264 g/mol. The van der Waals surface area contributed by atoms with Crippen molar-refractivity contribution in [2.45, 2.75) is 6.92 Å². The van der Waals surface area contributed by atoms with Crippen molar-refractivity contribution in [3.05, 3.63) is 45.5 Å². The molecule has 0 saturated carbocycles. The fraction of sp³-hybridized carbons (Fsp3) is 0.0909.